The van der Waals surface area contributed by atoms with E-state index in [0.29, 0.717) is 62.3 Å². The first-order valence-corrected chi connectivity index (χ1v) is 26.6. The molecule has 29 heteroatoms. The molecule has 0 saturated heterocycles. The lowest BCUT2D eigenvalue weighted by Gasteiger charge is -2.31. The molecule has 0 unspecified atom stereocenters. The van der Waals surface area contributed by atoms with Gasteiger partial charge in [0.1, 0.15) is 44.1 Å². The van der Waals surface area contributed by atoms with Crippen LogP contribution in [0.1, 0.15) is 71.7 Å². The summed E-state index contributed by atoms with van der Waals surface area (Å²) in [5.74, 6) is -8.00. The lowest BCUT2D eigenvalue weighted by molar-refractivity contribution is -0.172. The van der Waals surface area contributed by atoms with Crippen molar-refractivity contribution >= 4 is 72.0 Å². The van der Waals surface area contributed by atoms with Crippen LogP contribution in [0.3, 0.4) is 0 Å². The van der Waals surface area contributed by atoms with Crippen LogP contribution in [0.25, 0.3) is 22.3 Å². The van der Waals surface area contributed by atoms with Crippen LogP contribution >= 0.6 is 7.82 Å². The van der Waals surface area contributed by atoms with Crippen molar-refractivity contribution in [2.75, 3.05) is 39.6 Å². The predicted octanol–water partition coefficient (Wildman–Crippen LogP) is -1.86. The van der Waals surface area contributed by atoms with E-state index in [1.807, 2.05) is 0 Å². The number of aromatic nitrogens is 2. The number of carbonyl (C=O) groups excluding carboxylic acids is 9. The lowest BCUT2D eigenvalue weighted by atomic mass is 9.81. The number of hydrogen-bond acceptors (Lipinski definition) is 17. The molecule has 3 aliphatic heterocycles. The number of halogens is 1. The van der Waals surface area contributed by atoms with Gasteiger partial charge in [-0.1, -0.05) is 37.3 Å². The van der Waals surface area contributed by atoms with E-state index in [2.05, 4.69) is 41.7 Å². The molecular weight excluding hydrogens is 1070 g/mol. The smallest absolute Gasteiger partial charge is 0.458 e. The molecule has 0 bridgehead atoms. The SMILES string of the molecule is CC[C@@]1(O)C(=O)OCc2c1cc1n(c2=O)Cc2c-1nc1cc(F)c(C)c3c1c2[C@@H](NC(=O)[C@@H](C)OCNC(=O)CNC(=O)[C@H](Cc1ccccc1)NC(=O)CNC(=O)CNC(=O)[C@H](CNCOP(=O)(O)O)N1C(=O)C=CC1=O)CC3. The number of carbonyl (C=O) groups is 9. The number of ether oxygens (including phenoxy) is 2. The number of fused-ring (bicyclic) bond motifs is 5. The molecule has 5 atom stereocenters. The van der Waals surface area contributed by atoms with Crippen molar-refractivity contribution in [2.45, 2.75) is 89.4 Å². The maximum atomic E-state index is 15.4. The number of cyclic esters (lactones) is 1. The minimum atomic E-state index is -4.90. The standard InChI is InChI=1S/C51H56FN10O17P/c1-4-51(73)31-15-36-45-29(21-61(36)49(71)30(31)22-77-50(51)72)44-33(11-10-28-25(2)32(52)16-34(59-45)43(28)44)60-46(68)26(3)78-24-57-39(64)19-55-47(69)35(14-27-8-6-5-7-9-27)58-40(65)20-54-38(63)18-56-48(70)37(17-53-23-79-80(74,75)76)62-41(66)12-13-42(62)67/h5-9,12-13,15-16,26,33,35,37,53,73H,4,10-11,14,17-24H2,1-3H3,(H,54,63)(H,55,69)(H,56,70)(H,57,64)(H,58,65)(H,60,68)(H2,74,75,76)/t26-,33+,35+,37+,51+/m1/s1. The summed E-state index contributed by atoms with van der Waals surface area (Å²) in [6, 6.07) is 7.80. The highest BCUT2D eigenvalue weighted by Crippen LogP contribution is 2.46. The fourth-order valence-electron chi connectivity index (χ4n) is 9.84. The molecule has 0 fully saturated rings. The normalized spacial score (nSPS) is 18.1. The Hall–Kier alpha value is -8.11. The summed E-state index contributed by atoms with van der Waals surface area (Å²) in [7, 11) is -4.90. The highest BCUT2D eigenvalue weighted by molar-refractivity contribution is 7.46. The number of nitrogens with one attached hydrogen (secondary N) is 7. The number of hydrogen-bond donors (Lipinski definition) is 10. The zero-order valence-electron chi connectivity index (χ0n) is 43.2. The van der Waals surface area contributed by atoms with Crippen molar-refractivity contribution < 1.29 is 81.0 Å². The van der Waals surface area contributed by atoms with Gasteiger partial charge in [-0.3, -0.25) is 57.9 Å². The van der Waals surface area contributed by atoms with E-state index in [0.717, 1.165) is 12.2 Å². The lowest BCUT2D eigenvalue weighted by Crippen LogP contribution is -2.55. The zero-order valence-corrected chi connectivity index (χ0v) is 44.1. The van der Waals surface area contributed by atoms with Gasteiger partial charge in [-0.2, -0.15) is 0 Å². The largest absolute Gasteiger partial charge is 0.470 e. The second kappa shape index (κ2) is 24.1. The van der Waals surface area contributed by atoms with E-state index in [-0.39, 0.29) is 42.6 Å². The first kappa shape index (κ1) is 58.0. The fraction of sp³-hybridized carbons (Fsp3) is 0.392. The van der Waals surface area contributed by atoms with Gasteiger partial charge in [0.2, 0.25) is 35.4 Å². The minimum absolute atomic E-state index is 0.0227. The number of esters is 1. The van der Waals surface area contributed by atoms with Gasteiger partial charge in [0.25, 0.3) is 17.4 Å². The van der Waals surface area contributed by atoms with Gasteiger partial charge in [-0.15, -0.1) is 0 Å². The van der Waals surface area contributed by atoms with Crippen LogP contribution in [0.5, 0.6) is 0 Å². The number of imide groups is 1. The molecule has 5 heterocycles. The number of benzene rings is 2. The monoisotopic (exact) mass is 1130 g/mol. The van der Waals surface area contributed by atoms with Gasteiger partial charge in [-0.05, 0) is 61.4 Å². The highest BCUT2D eigenvalue weighted by atomic mass is 31.2. The van der Waals surface area contributed by atoms with Gasteiger partial charge < -0.3 is 60.8 Å². The first-order valence-electron chi connectivity index (χ1n) is 25.1. The number of phosphoric acid groups is 1. The van der Waals surface area contributed by atoms with Gasteiger partial charge in [-0.25, -0.2) is 18.7 Å². The molecular formula is C51H56FN10O17P. The molecule has 4 aromatic rings. The number of amides is 8. The topological polar surface area (TPSA) is 381 Å². The maximum absolute atomic E-state index is 15.4. The van der Waals surface area contributed by atoms with E-state index in [4.69, 9.17) is 24.2 Å². The van der Waals surface area contributed by atoms with Crippen molar-refractivity contribution in [2.24, 2.45) is 0 Å². The van der Waals surface area contributed by atoms with E-state index in [1.165, 1.54) is 17.6 Å². The molecule has 1 aliphatic carbocycles. The van der Waals surface area contributed by atoms with Crippen LogP contribution in [0, 0.1) is 12.7 Å². The van der Waals surface area contributed by atoms with Crippen LogP contribution < -0.4 is 42.8 Å². The summed E-state index contributed by atoms with van der Waals surface area (Å²) < 4.78 is 43.0. The average molecular weight is 1130 g/mol. The summed E-state index contributed by atoms with van der Waals surface area (Å²) in [4.78, 5) is 154. The maximum Gasteiger partial charge on any atom is 0.470 e. The third kappa shape index (κ3) is 12.5. The Morgan fingerprint density at radius 1 is 0.887 bits per heavy atom. The third-order valence-corrected chi connectivity index (χ3v) is 14.5. The summed E-state index contributed by atoms with van der Waals surface area (Å²) in [6.45, 7) is 0.549. The molecule has 2 aromatic carbocycles. The Morgan fingerprint density at radius 2 is 1.56 bits per heavy atom. The minimum Gasteiger partial charge on any atom is -0.458 e. The zero-order chi connectivity index (χ0) is 57.8. The van der Waals surface area contributed by atoms with Crippen molar-refractivity contribution in [1.29, 1.82) is 0 Å². The van der Waals surface area contributed by atoms with E-state index >= 15 is 4.39 Å². The van der Waals surface area contributed by atoms with Crippen molar-refractivity contribution in [1.82, 2.24) is 51.7 Å². The number of phosphoric ester groups is 1. The molecule has 80 heavy (non-hydrogen) atoms. The van der Waals surface area contributed by atoms with Crippen LogP contribution in [0.2, 0.25) is 0 Å². The van der Waals surface area contributed by atoms with Crippen LogP contribution in [0.4, 0.5) is 4.39 Å². The molecule has 8 rings (SSSR count). The highest BCUT2D eigenvalue weighted by Gasteiger charge is 2.46. The number of aliphatic hydroxyl groups is 1. The molecule has 10 N–H and O–H groups in total. The Kier molecular flexibility index (Phi) is 17.5. The van der Waals surface area contributed by atoms with Crippen molar-refractivity contribution in [3.05, 3.63) is 110 Å². The molecule has 8 amide bonds. The summed E-state index contributed by atoms with van der Waals surface area (Å²) >= 11 is 0. The molecule has 2 aromatic heterocycles. The number of nitrogens with zero attached hydrogens (tertiary/aromatic N) is 3. The van der Waals surface area contributed by atoms with Crippen molar-refractivity contribution in [3.8, 4) is 11.4 Å². The van der Waals surface area contributed by atoms with E-state index in [1.54, 1.807) is 50.2 Å². The second-order valence-electron chi connectivity index (χ2n) is 19.1. The molecule has 27 nitrogen and oxygen atoms in total. The van der Waals surface area contributed by atoms with Crippen LogP contribution in [0.15, 0.2) is 59.4 Å². The molecule has 424 valence electrons. The number of aryl methyl sites for hydroxylation is 1. The third-order valence-electron chi connectivity index (χ3n) is 14.0. The van der Waals surface area contributed by atoms with Gasteiger partial charge in [0, 0.05) is 47.7 Å². The van der Waals surface area contributed by atoms with Crippen LogP contribution in [-0.2, 0) is 93.3 Å². The summed E-state index contributed by atoms with van der Waals surface area (Å²) in [5.41, 5.74) is 1.51. The molecule has 0 radical (unpaired) electrons. The van der Waals surface area contributed by atoms with Crippen LogP contribution in [-0.4, -0.2) is 140 Å². The molecule has 4 aliphatic rings. The quantitative estimate of drug-likeness (QED) is 0.0113. The van der Waals surface area contributed by atoms with E-state index in [9.17, 15) is 57.6 Å². The summed E-state index contributed by atoms with van der Waals surface area (Å²) in [6.07, 6.45) is 1.22. The van der Waals surface area contributed by atoms with Gasteiger partial charge >= 0.3 is 13.8 Å². The average Bonchev–Trinajstić information content (AvgIpc) is 4.00. The fourth-order valence-corrected chi connectivity index (χ4v) is 10.1. The first-order chi connectivity index (χ1) is 38.0. The van der Waals surface area contributed by atoms with Crippen molar-refractivity contribution in [3.63, 3.8) is 0 Å². The predicted molar refractivity (Wildman–Crippen MR) is 274 cm³/mol. The van der Waals surface area contributed by atoms with E-state index < -0.39 is 142 Å². The number of pyridine rings is 2. The Labute approximate surface area is 453 Å². The molecule has 0 spiro atoms. The second-order valence-corrected chi connectivity index (χ2v) is 20.3. The Balaban J connectivity index is 0.842. The van der Waals surface area contributed by atoms with Gasteiger partial charge in [0.05, 0.1) is 54.7 Å². The summed E-state index contributed by atoms with van der Waals surface area (Å²) in [5, 5.41) is 29.3. The Bertz CT molecular complexity index is 3350. The molecule has 0 saturated carbocycles. The Morgan fingerprint density at radius 3 is 2.25 bits per heavy atom. The number of rotatable bonds is 23. The van der Waals surface area contributed by atoms with Gasteiger partial charge in [0.15, 0.2) is 5.60 Å².